The number of hydrogen-bond acceptors (Lipinski definition) is 5. The monoisotopic (exact) mass is 302 g/mol. The van der Waals surface area contributed by atoms with Crippen molar-refractivity contribution in [2.75, 3.05) is 11.9 Å². The second-order valence-corrected chi connectivity index (χ2v) is 4.37. The Bertz CT molecular complexity index is 749. The fourth-order valence-corrected chi connectivity index (χ4v) is 1.77. The number of rotatable bonds is 4. The Morgan fingerprint density at radius 3 is 2.45 bits per heavy atom. The molecule has 1 heterocycles. The first kappa shape index (κ1) is 15.3. The molecule has 0 spiro atoms. The van der Waals surface area contributed by atoms with Crippen LogP contribution in [0.25, 0.3) is 0 Å². The first-order chi connectivity index (χ1) is 10.5. The van der Waals surface area contributed by atoms with Crippen LogP contribution in [-0.4, -0.2) is 28.6 Å². The Morgan fingerprint density at radius 2 is 1.86 bits per heavy atom. The Labute approximate surface area is 125 Å². The van der Waals surface area contributed by atoms with Crippen molar-refractivity contribution in [1.82, 2.24) is 4.98 Å². The minimum absolute atomic E-state index is 0.0238. The number of esters is 1. The highest BCUT2D eigenvalue weighted by atomic mass is 16.5. The van der Waals surface area contributed by atoms with Gasteiger partial charge in [0.15, 0.2) is 5.88 Å². The number of H-pyrrole nitrogens is 1. The molecule has 0 unspecified atom stereocenters. The number of pyridine rings is 1. The van der Waals surface area contributed by atoms with Gasteiger partial charge in [0, 0.05) is 17.8 Å². The zero-order valence-electron chi connectivity index (χ0n) is 11.8. The summed E-state index contributed by atoms with van der Waals surface area (Å²) < 4.78 is 4.85. The molecule has 7 nitrogen and oxygen atoms in total. The maximum atomic E-state index is 12.0. The lowest BCUT2D eigenvalue weighted by Gasteiger charge is -2.06. The van der Waals surface area contributed by atoms with Gasteiger partial charge in [0.2, 0.25) is 0 Å². The lowest BCUT2D eigenvalue weighted by Crippen LogP contribution is -2.16. The summed E-state index contributed by atoms with van der Waals surface area (Å²) in [5.41, 5.74) is 0.255. The maximum absolute atomic E-state index is 12.0. The average molecular weight is 302 g/mol. The Balaban J connectivity index is 2.12. The molecule has 0 aliphatic rings. The molecule has 0 radical (unpaired) electrons. The van der Waals surface area contributed by atoms with Crippen molar-refractivity contribution < 1.29 is 19.4 Å². The molecule has 0 aliphatic heterocycles. The van der Waals surface area contributed by atoms with Gasteiger partial charge in [0.1, 0.15) is 0 Å². The minimum Gasteiger partial charge on any atom is -0.494 e. The zero-order valence-corrected chi connectivity index (χ0v) is 11.8. The van der Waals surface area contributed by atoms with Crippen LogP contribution in [0.5, 0.6) is 5.88 Å². The van der Waals surface area contributed by atoms with Gasteiger partial charge in [-0.1, -0.05) is 0 Å². The first-order valence-electron chi connectivity index (χ1n) is 6.51. The highest BCUT2D eigenvalue weighted by molar-refractivity contribution is 6.04. The van der Waals surface area contributed by atoms with Gasteiger partial charge in [-0.05, 0) is 31.2 Å². The normalized spacial score (nSPS) is 10.0. The van der Waals surface area contributed by atoms with Gasteiger partial charge in [0.05, 0.1) is 17.7 Å². The summed E-state index contributed by atoms with van der Waals surface area (Å²) in [6, 6.07) is 8.33. The van der Waals surface area contributed by atoms with Crippen molar-refractivity contribution in [2.45, 2.75) is 6.92 Å². The van der Waals surface area contributed by atoms with E-state index in [1.165, 1.54) is 24.3 Å². The van der Waals surface area contributed by atoms with Crippen LogP contribution in [0, 0.1) is 0 Å². The SMILES string of the molecule is CCOC(=O)c1ccc(NC(=O)c2cc(O)[nH]c(=O)c2)cc1. The maximum Gasteiger partial charge on any atom is 0.338 e. The van der Waals surface area contributed by atoms with Crippen molar-refractivity contribution in [2.24, 2.45) is 0 Å². The Kier molecular flexibility index (Phi) is 4.57. The van der Waals surface area contributed by atoms with Crippen LogP contribution in [0.15, 0.2) is 41.2 Å². The number of hydrogen-bond donors (Lipinski definition) is 3. The summed E-state index contributed by atoms with van der Waals surface area (Å²) in [5, 5.41) is 11.8. The summed E-state index contributed by atoms with van der Waals surface area (Å²) in [6.07, 6.45) is 0. The molecule has 1 amide bonds. The van der Waals surface area contributed by atoms with E-state index in [1.807, 2.05) is 0 Å². The van der Waals surface area contributed by atoms with Crippen LogP contribution < -0.4 is 10.9 Å². The molecule has 2 rings (SSSR count). The number of nitrogens with one attached hydrogen (secondary N) is 2. The summed E-state index contributed by atoms with van der Waals surface area (Å²) in [5.74, 6) is -1.39. The number of benzene rings is 1. The molecule has 0 bridgehead atoms. The summed E-state index contributed by atoms with van der Waals surface area (Å²) in [6.45, 7) is 1.99. The standard InChI is InChI=1S/C15H14N2O5/c1-2-22-15(21)9-3-5-11(6-4-9)16-14(20)10-7-12(18)17-13(19)8-10/h3-8H,2H2,1H3,(H,16,20)(H2,17,18,19). The van der Waals surface area contributed by atoms with Gasteiger partial charge in [-0.3, -0.25) is 14.6 Å². The van der Waals surface area contributed by atoms with E-state index >= 15 is 0 Å². The molecule has 0 saturated heterocycles. The van der Waals surface area contributed by atoms with Crippen molar-refractivity contribution >= 4 is 17.6 Å². The number of ether oxygens (including phenoxy) is 1. The van der Waals surface area contributed by atoms with Gasteiger partial charge < -0.3 is 15.2 Å². The van der Waals surface area contributed by atoms with Crippen molar-refractivity contribution in [3.05, 3.63) is 57.9 Å². The van der Waals surface area contributed by atoms with E-state index in [1.54, 1.807) is 6.92 Å². The first-order valence-corrected chi connectivity index (χ1v) is 6.51. The highest BCUT2D eigenvalue weighted by Crippen LogP contribution is 2.13. The van der Waals surface area contributed by atoms with E-state index < -0.39 is 23.3 Å². The molecule has 0 aliphatic carbocycles. The number of carbonyl (C=O) groups excluding carboxylic acids is 2. The number of aromatic amines is 1. The smallest absolute Gasteiger partial charge is 0.338 e. The quantitative estimate of drug-likeness (QED) is 0.742. The number of carbonyl (C=O) groups is 2. The van der Waals surface area contributed by atoms with Crippen LogP contribution in [0.1, 0.15) is 27.6 Å². The highest BCUT2D eigenvalue weighted by Gasteiger charge is 2.10. The van der Waals surface area contributed by atoms with Gasteiger partial charge in [-0.15, -0.1) is 0 Å². The van der Waals surface area contributed by atoms with Crippen LogP contribution >= 0.6 is 0 Å². The van der Waals surface area contributed by atoms with Crippen molar-refractivity contribution in [3.63, 3.8) is 0 Å². The molecular formula is C15H14N2O5. The Morgan fingerprint density at radius 1 is 1.18 bits per heavy atom. The number of amides is 1. The predicted molar refractivity (Wildman–Crippen MR) is 79.1 cm³/mol. The topological polar surface area (TPSA) is 108 Å². The Hall–Kier alpha value is -3.09. The number of aromatic hydroxyl groups is 1. The summed E-state index contributed by atoms with van der Waals surface area (Å²) >= 11 is 0. The van der Waals surface area contributed by atoms with Gasteiger partial charge >= 0.3 is 5.97 Å². The third-order valence-corrected chi connectivity index (χ3v) is 2.75. The number of aromatic nitrogens is 1. The molecule has 0 atom stereocenters. The van der Waals surface area contributed by atoms with Crippen molar-refractivity contribution in [3.8, 4) is 5.88 Å². The van der Waals surface area contributed by atoms with E-state index in [2.05, 4.69) is 10.3 Å². The lowest BCUT2D eigenvalue weighted by atomic mass is 10.2. The van der Waals surface area contributed by atoms with Crippen LogP contribution in [0.4, 0.5) is 5.69 Å². The fourth-order valence-electron chi connectivity index (χ4n) is 1.77. The fraction of sp³-hybridized carbons (Fsp3) is 0.133. The molecule has 1 aromatic heterocycles. The van der Waals surface area contributed by atoms with Crippen LogP contribution in [-0.2, 0) is 4.74 Å². The summed E-state index contributed by atoms with van der Waals surface area (Å²) in [4.78, 5) is 36.8. The second kappa shape index (κ2) is 6.57. The van der Waals surface area contributed by atoms with Gasteiger partial charge in [0.25, 0.3) is 11.5 Å². The molecule has 7 heteroatoms. The van der Waals surface area contributed by atoms with E-state index in [-0.39, 0.29) is 12.2 Å². The number of anilines is 1. The van der Waals surface area contributed by atoms with Gasteiger partial charge in [-0.2, -0.15) is 0 Å². The van der Waals surface area contributed by atoms with Crippen LogP contribution in [0.3, 0.4) is 0 Å². The average Bonchev–Trinajstić information content (AvgIpc) is 2.47. The van der Waals surface area contributed by atoms with E-state index in [9.17, 15) is 19.5 Å². The van der Waals surface area contributed by atoms with E-state index in [0.717, 1.165) is 12.1 Å². The lowest BCUT2D eigenvalue weighted by molar-refractivity contribution is 0.0526. The zero-order chi connectivity index (χ0) is 16.1. The molecule has 22 heavy (non-hydrogen) atoms. The third kappa shape index (κ3) is 3.72. The molecule has 1 aromatic carbocycles. The second-order valence-electron chi connectivity index (χ2n) is 4.37. The predicted octanol–water partition coefficient (Wildman–Crippen LogP) is 1.51. The summed E-state index contributed by atoms with van der Waals surface area (Å²) in [7, 11) is 0. The van der Waals surface area contributed by atoms with Gasteiger partial charge in [-0.25, -0.2) is 4.79 Å². The van der Waals surface area contributed by atoms with E-state index in [0.29, 0.717) is 11.3 Å². The molecule has 114 valence electrons. The molecule has 3 N–H and O–H groups in total. The molecule has 0 saturated carbocycles. The molecule has 0 fully saturated rings. The molecular weight excluding hydrogens is 288 g/mol. The van der Waals surface area contributed by atoms with E-state index in [4.69, 9.17) is 4.74 Å². The third-order valence-electron chi connectivity index (χ3n) is 2.75. The minimum atomic E-state index is -0.581. The van der Waals surface area contributed by atoms with Crippen LogP contribution in [0.2, 0.25) is 0 Å². The van der Waals surface area contributed by atoms with Crippen molar-refractivity contribution in [1.29, 1.82) is 0 Å². The largest absolute Gasteiger partial charge is 0.494 e. The molecule has 2 aromatic rings.